The number of nitro groups is 1. The highest BCUT2D eigenvalue weighted by molar-refractivity contribution is 6.06. The van der Waals surface area contributed by atoms with Crippen molar-refractivity contribution in [3.8, 4) is 11.3 Å². The molecule has 0 spiro atoms. The number of fused-ring (bicyclic) bond motifs is 1. The third-order valence-electron chi connectivity index (χ3n) is 5.56. The van der Waals surface area contributed by atoms with Gasteiger partial charge in [-0.2, -0.15) is 18.3 Å². The lowest BCUT2D eigenvalue weighted by atomic mass is 10.1. The Kier molecular flexibility index (Phi) is 6.73. The lowest BCUT2D eigenvalue weighted by molar-refractivity contribution is -0.385. The zero-order chi connectivity index (χ0) is 26.0. The number of carbonyl (C=O) groups is 1. The van der Waals surface area contributed by atoms with Crippen molar-refractivity contribution >= 4 is 22.6 Å². The van der Waals surface area contributed by atoms with Crippen molar-refractivity contribution in [2.45, 2.75) is 32.6 Å². The van der Waals surface area contributed by atoms with E-state index >= 15 is 0 Å². The normalized spacial score (nSPS) is 11.7. The fourth-order valence-electron chi connectivity index (χ4n) is 3.94. The van der Waals surface area contributed by atoms with Crippen LogP contribution in [0.2, 0.25) is 0 Å². The number of benzene rings is 2. The summed E-state index contributed by atoms with van der Waals surface area (Å²) in [7, 11) is 0. The first-order valence-corrected chi connectivity index (χ1v) is 11.1. The minimum absolute atomic E-state index is 0.00782. The second-order valence-electron chi connectivity index (χ2n) is 8.50. The molecule has 8 nitrogen and oxygen atoms in total. The van der Waals surface area contributed by atoms with E-state index in [0.717, 1.165) is 0 Å². The molecule has 1 amide bonds. The van der Waals surface area contributed by atoms with Crippen LogP contribution in [0, 0.1) is 10.1 Å². The second-order valence-corrected chi connectivity index (χ2v) is 8.50. The number of rotatable bonds is 7. The Hall–Kier alpha value is -4.28. The van der Waals surface area contributed by atoms with E-state index in [9.17, 15) is 28.1 Å². The number of aromatic nitrogens is 3. The van der Waals surface area contributed by atoms with Crippen molar-refractivity contribution in [3.63, 3.8) is 0 Å². The minimum atomic E-state index is -4.73. The summed E-state index contributed by atoms with van der Waals surface area (Å²) in [4.78, 5) is 29.6. The molecule has 0 aliphatic carbocycles. The van der Waals surface area contributed by atoms with Crippen LogP contribution in [-0.2, 0) is 6.54 Å². The van der Waals surface area contributed by atoms with Crippen molar-refractivity contribution in [2.24, 2.45) is 0 Å². The SMILES string of the molecule is CC(C)n1ncc2c(C(=O)N(Cc3ccccc3[N+](=O)[O-])CC(F)(F)F)cc(-c3ccccc3)nc21. The molecular formula is C25H22F3N5O3. The van der Waals surface area contributed by atoms with E-state index in [4.69, 9.17) is 0 Å². The smallest absolute Gasteiger partial charge is 0.325 e. The Morgan fingerprint density at radius 1 is 1.11 bits per heavy atom. The number of alkyl halides is 3. The topological polar surface area (TPSA) is 94.2 Å². The van der Waals surface area contributed by atoms with Crippen molar-refractivity contribution in [2.75, 3.05) is 6.54 Å². The first-order valence-electron chi connectivity index (χ1n) is 11.1. The van der Waals surface area contributed by atoms with Crippen LogP contribution in [0.1, 0.15) is 35.8 Å². The molecule has 0 fully saturated rings. The average Bonchev–Trinajstić information content (AvgIpc) is 3.27. The number of nitro benzene ring substituents is 1. The van der Waals surface area contributed by atoms with Crippen LogP contribution in [0.5, 0.6) is 0 Å². The molecule has 4 aromatic rings. The summed E-state index contributed by atoms with van der Waals surface area (Å²) in [6.07, 6.45) is -3.32. The first-order chi connectivity index (χ1) is 17.0. The molecule has 2 aromatic heterocycles. The van der Waals surface area contributed by atoms with Crippen molar-refractivity contribution < 1.29 is 22.9 Å². The van der Waals surface area contributed by atoms with Crippen LogP contribution in [-0.4, -0.2) is 43.2 Å². The van der Waals surface area contributed by atoms with Gasteiger partial charge >= 0.3 is 6.18 Å². The quantitative estimate of drug-likeness (QED) is 0.238. The summed E-state index contributed by atoms with van der Waals surface area (Å²) in [6.45, 7) is 1.56. The van der Waals surface area contributed by atoms with Crippen LogP contribution in [0.4, 0.5) is 18.9 Å². The van der Waals surface area contributed by atoms with Gasteiger partial charge in [0.2, 0.25) is 0 Å². The molecule has 0 saturated heterocycles. The predicted octanol–water partition coefficient (Wildman–Crippen LogP) is 5.79. The Bertz CT molecular complexity index is 1420. The molecule has 0 radical (unpaired) electrons. The van der Waals surface area contributed by atoms with Gasteiger partial charge in [-0.15, -0.1) is 0 Å². The molecule has 11 heteroatoms. The molecule has 2 heterocycles. The summed E-state index contributed by atoms with van der Waals surface area (Å²) in [5, 5.41) is 16.0. The molecule has 186 valence electrons. The van der Waals surface area contributed by atoms with Gasteiger partial charge in [0.1, 0.15) is 6.54 Å². The van der Waals surface area contributed by atoms with E-state index in [1.807, 2.05) is 19.9 Å². The van der Waals surface area contributed by atoms with E-state index in [-0.39, 0.29) is 22.9 Å². The lowest BCUT2D eigenvalue weighted by Gasteiger charge is -2.24. The summed E-state index contributed by atoms with van der Waals surface area (Å²) in [6, 6.07) is 15.7. The third-order valence-corrected chi connectivity index (χ3v) is 5.56. The van der Waals surface area contributed by atoms with Gasteiger partial charge in [0, 0.05) is 23.2 Å². The van der Waals surface area contributed by atoms with Crippen LogP contribution in [0.15, 0.2) is 66.9 Å². The van der Waals surface area contributed by atoms with Crippen molar-refractivity contribution in [1.29, 1.82) is 0 Å². The standard InChI is InChI=1S/C25H22F3N5O3/c1-16(2)32-23-20(13-29-32)19(12-21(30-23)17-8-4-3-5-9-17)24(34)31(15-25(26,27)28)14-18-10-6-7-11-22(18)33(35)36/h3-13,16H,14-15H2,1-2H3. The molecule has 0 unspecified atom stereocenters. The number of para-hydroxylation sites is 1. The van der Waals surface area contributed by atoms with Gasteiger partial charge in [-0.3, -0.25) is 14.9 Å². The Morgan fingerprint density at radius 2 is 1.78 bits per heavy atom. The Balaban J connectivity index is 1.87. The van der Waals surface area contributed by atoms with E-state index in [0.29, 0.717) is 27.2 Å². The molecule has 0 N–H and O–H groups in total. The Labute approximate surface area is 204 Å². The molecule has 0 aliphatic heterocycles. The number of hydrogen-bond acceptors (Lipinski definition) is 5. The molecule has 0 atom stereocenters. The molecular weight excluding hydrogens is 475 g/mol. The highest BCUT2D eigenvalue weighted by Crippen LogP contribution is 2.30. The molecule has 36 heavy (non-hydrogen) atoms. The van der Waals surface area contributed by atoms with E-state index in [2.05, 4.69) is 10.1 Å². The van der Waals surface area contributed by atoms with Gasteiger partial charge < -0.3 is 4.90 Å². The minimum Gasteiger partial charge on any atom is -0.325 e. The number of hydrogen-bond donors (Lipinski definition) is 0. The van der Waals surface area contributed by atoms with Crippen LogP contribution >= 0.6 is 0 Å². The van der Waals surface area contributed by atoms with Crippen molar-refractivity contribution in [3.05, 3.63) is 88.1 Å². The Morgan fingerprint density at radius 3 is 2.42 bits per heavy atom. The molecule has 0 bridgehead atoms. The second kappa shape index (κ2) is 9.76. The highest BCUT2D eigenvalue weighted by atomic mass is 19.4. The highest BCUT2D eigenvalue weighted by Gasteiger charge is 2.35. The van der Waals surface area contributed by atoms with Crippen LogP contribution in [0.3, 0.4) is 0 Å². The number of nitrogens with zero attached hydrogens (tertiary/aromatic N) is 5. The van der Waals surface area contributed by atoms with E-state index in [1.54, 1.807) is 28.9 Å². The number of pyridine rings is 1. The third kappa shape index (κ3) is 5.19. The molecule has 4 rings (SSSR count). The van der Waals surface area contributed by atoms with Gasteiger partial charge in [-0.1, -0.05) is 48.5 Å². The van der Waals surface area contributed by atoms with Gasteiger partial charge in [0.15, 0.2) is 5.65 Å². The van der Waals surface area contributed by atoms with E-state index in [1.165, 1.54) is 36.5 Å². The molecule has 2 aromatic carbocycles. The molecule has 0 aliphatic rings. The lowest BCUT2D eigenvalue weighted by Crippen LogP contribution is -2.38. The number of carbonyl (C=O) groups excluding carboxylic acids is 1. The maximum atomic E-state index is 13.7. The summed E-state index contributed by atoms with van der Waals surface area (Å²) >= 11 is 0. The average molecular weight is 497 g/mol. The van der Waals surface area contributed by atoms with Gasteiger partial charge in [0.05, 0.1) is 34.3 Å². The summed E-state index contributed by atoms with van der Waals surface area (Å²) < 4.78 is 42.3. The zero-order valence-corrected chi connectivity index (χ0v) is 19.4. The van der Waals surface area contributed by atoms with Crippen LogP contribution in [0.25, 0.3) is 22.3 Å². The van der Waals surface area contributed by atoms with E-state index < -0.39 is 30.1 Å². The zero-order valence-electron chi connectivity index (χ0n) is 19.4. The van der Waals surface area contributed by atoms with Crippen molar-refractivity contribution in [1.82, 2.24) is 19.7 Å². The maximum Gasteiger partial charge on any atom is 0.406 e. The van der Waals surface area contributed by atoms with Gasteiger partial charge in [-0.25, -0.2) is 9.67 Å². The number of amides is 1. The maximum absolute atomic E-state index is 13.7. The predicted molar refractivity (Wildman–Crippen MR) is 127 cm³/mol. The van der Waals surface area contributed by atoms with Gasteiger partial charge in [0.25, 0.3) is 11.6 Å². The first kappa shape index (κ1) is 24.8. The summed E-state index contributed by atoms with van der Waals surface area (Å²) in [5.41, 5.74) is 1.03. The van der Waals surface area contributed by atoms with Gasteiger partial charge in [-0.05, 0) is 19.9 Å². The molecule has 0 saturated carbocycles. The monoisotopic (exact) mass is 497 g/mol. The fourth-order valence-corrected chi connectivity index (χ4v) is 3.94. The number of halogens is 3. The fraction of sp³-hybridized carbons (Fsp3) is 0.240. The largest absolute Gasteiger partial charge is 0.406 e. The van der Waals surface area contributed by atoms with Crippen LogP contribution < -0.4 is 0 Å². The summed E-state index contributed by atoms with van der Waals surface area (Å²) in [5.74, 6) is -0.932.